The first-order chi connectivity index (χ1) is 22.6. The molecular weight excluding hydrogens is 603 g/mol. The number of phenols is 1. The van der Waals surface area contributed by atoms with Crippen LogP contribution in [0.3, 0.4) is 0 Å². The summed E-state index contributed by atoms with van der Waals surface area (Å²) in [4.78, 5) is 13.9. The molecule has 4 aliphatic rings. The zero-order valence-corrected chi connectivity index (χ0v) is 26.7. The molecule has 3 saturated heterocycles. The van der Waals surface area contributed by atoms with E-state index in [1.54, 1.807) is 0 Å². The number of ether oxygens (including phenoxy) is 1. The Morgan fingerprint density at radius 1 is 1.06 bits per heavy atom. The van der Waals surface area contributed by atoms with Crippen LogP contribution in [-0.2, 0) is 0 Å². The van der Waals surface area contributed by atoms with Crippen LogP contribution in [-0.4, -0.2) is 71.4 Å². The molecule has 7 nitrogen and oxygen atoms in total. The van der Waals surface area contributed by atoms with Crippen LogP contribution in [0.5, 0.6) is 11.8 Å². The monoisotopic (exact) mass is 641 g/mol. The van der Waals surface area contributed by atoms with Crippen molar-refractivity contribution in [1.29, 1.82) is 0 Å². The number of phenolic OH excluding ortho intramolecular Hbond substituents is 1. The predicted molar refractivity (Wildman–Crippen MR) is 176 cm³/mol. The van der Waals surface area contributed by atoms with E-state index >= 15 is 8.78 Å². The summed E-state index contributed by atoms with van der Waals surface area (Å²) in [5.74, 6) is -0.0307. The summed E-state index contributed by atoms with van der Waals surface area (Å²) in [6, 6.07) is 6.98. The Kier molecular flexibility index (Phi) is 7.08. The number of nitrogens with zero attached hydrogens (tertiary/aromatic N) is 4. The molecule has 2 N–H and O–H groups in total. The van der Waals surface area contributed by atoms with Gasteiger partial charge in [0, 0.05) is 53.5 Å². The van der Waals surface area contributed by atoms with Gasteiger partial charge in [0.05, 0.1) is 17.7 Å². The lowest BCUT2D eigenvalue weighted by molar-refractivity contribution is -0.0119. The molecule has 10 heteroatoms. The number of aromatic hydroxyl groups is 1. The zero-order chi connectivity index (χ0) is 32.7. The maximum absolute atomic E-state index is 17.0. The van der Waals surface area contributed by atoms with Gasteiger partial charge in [0.25, 0.3) is 0 Å². The van der Waals surface area contributed by atoms with Gasteiger partial charge in [-0.15, -0.1) is 6.42 Å². The highest BCUT2D eigenvalue weighted by atomic mass is 19.1. The lowest BCUT2D eigenvalue weighted by atomic mass is 9.70. The Hall–Kier alpha value is -4.07. The second-order valence-corrected chi connectivity index (χ2v) is 14.2. The van der Waals surface area contributed by atoms with Crippen LogP contribution >= 0.6 is 0 Å². The lowest BCUT2D eigenvalue weighted by Crippen LogP contribution is -2.51. The number of piperidine rings is 1. The van der Waals surface area contributed by atoms with Crippen LogP contribution < -0.4 is 15.0 Å². The fourth-order valence-corrected chi connectivity index (χ4v) is 8.56. The lowest BCUT2D eigenvalue weighted by Gasteiger charge is -2.46. The molecule has 1 saturated carbocycles. The van der Waals surface area contributed by atoms with Crippen LogP contribution in [0, 0.1) is 40.6 Å². The molecule has 1 aromatic heterocycles. The SMILES string of the molecule is C#Cc1c(F)ccc2cc(O)cc(-c3c(F)cc4c(N5C[C@H]6CC[C@@H](C5)N6)nc(OC[C@]5(C)CN(CC)CCC56CC6)nc4c3F)c12. The van der Waals surface area contributed by atoms with Crippen LogP contribution in [0.4, 0.5) is 19.0 Å². The highest BCUT2D eigenvalue weighted by Crippen LogP contribution is 2.63. The summed E-state index contributed by atoms with van der Waals surface area (Å²) >= 11 is 0. The number of terminal acetylenes is 1. The number of hydrogen-bond donors (Lipinski definition) is 2. The standard InChI is InChI=1S/C37H38F3N5O2/c1-4-25-28(38)9-6-21-14-24(46)15-26(30(21)25)31-29(39)16-27-33(32(31)40)42-35(43-34(27)45-17-22-7-8-23(18-45)41-22)47-20-36(3)19-44(5-2)13-12-37(36)10-11-37/h1,6,9,14-16,22-23,41,46H,5,7-8,10-13,17-20H2,2-3H3/t22-,23+,36-/m0/s1. The van der Waals surface area contributed by atoms with E-state index in [9.17, 15) is 9.50 Å². The number of hydrogen-bond acceptors (Lipinski definition) is 7. The quantitative estimate of drug-likeness (QED) is 0.237. The fourth-order valence-electron chi connectivity index (χ4n) is 8.56. The number of nitrogens with one attached hydrogen (secondary N) is 1. The van der Waals surface area contributed by atoms with Crippen LogP contribution in [0.1, 0.15) is 51.5 Å². The average Bonchev–Trinajstić information content (AvgIpc) is 3.78. The van der Waals surface area contributed by atoms with Gasteiger partial charge in [-0.2, -0.15) is 9.97 Å². The molecular formula is C37H38F3N5O2. The predicted octanol–water partition coefficient (Wildman–Crippen LogP) is 6.39. The van der Waals surface area contributed by atoms with Gasteiger partial charge in [-0.05, 0) is 80.3 Å². The Labute approximate surface area is 272 Å². The first kappa shape index (κ1) is 30.3. The first-order valence-corrected chi connectivity index (χ1v) is 16.6. The van der Waals surface area contributed by atoms with E-state index in [1.807, 2.05) is 0 Å². The van der Waals surface area contributed by atoms with Gasteiger partial charge in [0.2, 0.25) is 0 Å². The van der Waals surface area contributed by atoms with Gasteiger partial charge in [0.15, 0.2) is 5.82 Å². The number of benzene rings is 3. The Morgan fingerprint density at radius 2 is 1.83 bits per heavy atom. The summed E-state index contributed by atoms with van der Waals surface area (Å²) in [6.07, 6.45) is 11.2. The van der Waals surface area contributed by atoms with Gasteiger partial charge >= 0.3 is 6.01 Å². The number of rotatable bonds is 6. The van der Waals surface area contributed by atoms with Crippen LogP contribution in [0.2, 0.25) is 0 Å². The van der Waals surface area contributed by atoms with Gasteiger partial charge in [-0.1, -0.05) is 25.8 Å². The number of likely N-dealkylation sites (tertiary alicyclic amines) is 1. The number of aromatic nitrogens is 2. The molecule has 3 aromatic carbocycles. The van der Waals surface area contributed by atoms with Gasteiger partial charge in [-0.3, -0.25) is 0 Å². The van der Waals surface area contributed by atoms with E-state index in [0.29, 0.717) is 30.9 Å². The molecule has 2 bridgehead atoms. The molecule has 1 aliphatic carbocycles. The van der Waals surface area contributed by atoms with Crippen LogP contribution in [0.25, 0.3) is 32.8 Å². The minimum atomic E-state index is -0.953. The molecule has 3 atom stereocenters. The molecule has 4 aromatic rings. The number of anilines is 1. The summed E-state index contributed by atoms with van der Waals surface area (Å²) in [7, 11) is 0. The molecule has 244 valence electrons. The number of halogens is 3. The molecule has 8 rings (SSSR count). The van der Waals surface area contributed by atoms with Crippen molar-refractivity contribution in [3.8, 4) is 35.2 Å². The van der Waals surface area contributed by atoms with Crippen molar-refractivity contribution in [3.63, 3.8) is 0 Å². The molecule has 0 unspecified atom stereocenters. The second kappa shape index (κ2) is 11.0. The summed E-state index contributed by atoms with van der Waals surface area (Å²) < 4.78 is 54.6. The Bertz CT molecular complexity index is 1960. The minimum absolute atomic E-state index is 0.0385. The van der Waals surface area contributed by atoms with Crippen molar-refractivity contribution >= 4 is 27.5 Å². The third kappa shape index (κ3) is 4.89. The highest BCUT2D eigenvalue weighted by molar-refractivity contribution is 6.04. The van der Waals surface area contributed by atoms with Crippen molar-refractivity contribution in [1.82, 2.24) is 20.2 Å². The van der Waals surface area contributed by atoms with Crippen molar-refractivity contribution in [3.05, 3.63) is 53.3 Å². The van der Waals surface area contributed by atoms with Gasteiger partial charge < -0.3 is 25.0 Å². The summed E-state index contributed by atoms with van der Waals surface area (Å²) in [5.41, 5.74) is -0.666. The summed E-state index contributed by atoms with van der Waals surface area (Å²) in [6.45, 7) is 9.02. The maximum Gasteiger partial charge on any atom is 0.319 e. The highest BCUT2D eigenvalue weighted by Gasteiger charge is 2.59. The first-order valence-electron chi connectivity index (χ1n) is 16.6. The number of piperazine rings is 1. The van der Waals surface area contributed by atoms with E-state index in [4.69, 9.17) is 16.1 Å². The fraction of sp³-hybridized carbons (Fsp3) is 0.459. The third-order valence-electron chi connectivity index (χ3n) is 11.4. The largest absolute Gasteiger partial charge is 0.508 e. The molecule has 4 heterocycles. The molecule has 1 spiro atoms. The van der Waals surface area contributed by atoms with Gasteiger partial charge in [0.1, 0.15) is 28.7 Å². The van der Waals surface area contributed by atoms with E-state index in [2.05, 4.69) is 39.9 Å². The average molecular weight is 642 g/mol. The Morgan fingerprint density at radius 3 is 2.53 bits per heavy atom. The van der Waals surface area contributed by atoms with Crippen molar-refractivity contribution in [2.24, 2.45) is 10.8 Å². The van der Waals surface area contributed by atoms with Crippen LogP contribution in [0.15, 0.2) is 30.3 Å². The van der Waals surface area contributed by atoms with Crippen molar-refractivity contribution in [2.45, 2.75) is 58.0 Å². The number of fused-ring (bicyclic) bond motifs is 4. The normalized spacial score (nSPS) is 25.1. The van der Waals surface area contributed by atoms with Gasteiger partial charge in [-0.25, -0.2) is 13.2 Å². The summed E-state index contributed by atoms with van der Waals surface area (Å²) in [5, 5.41) is 14.9. The molecule has 47 heavy (non-hydrogen) atoms. The molecule has 0 radical (unpaired) electrons. The van der Waals surface area contributed by atoms with E-state index in [1.165, 1.54) is 30.3 Å². The minimum Gasteiger partial charge on any atom is -0.508 e. The zero-order valence-electron chi connectivity index (χ0n) is 26.7. The second-order valence-electron chi connectivity index (χ2n) is 14.2. The van der Waals surface area contributed by atoms with E-state index < -0.39 is 23.0 Å². The molecule has 4 fully saturated rings. The molecule has 0 amide bonds. The van der Waals surface area contributed by atoms with Crippen molar-refractivity contribution < 1.29 is 23.0 Å². The van der Waals surface area contributed by atoms with Crippen molar-refractivity contribution in [2.75, 3.05) is 44.2 Å². The third-order valence-corrected chi connectivity index (χ3v) is 11.4. The smallest absolute Gasteiger partial charge is 0.319 e. The Balaban J connectivity index is 1.29. The maximum atomic E-state index is 17.0. The van der Waals surface area contributed by atoms with E-state index in [0.717, 1.165) is 51.7 Å². The molecule has 3 aliphatic heterocycles. The van der Waals surface area contributed by atoms with E-state index in [-0.39, 0.29) is 62.1 Å². The topological polar surface area (TPSA) is 73.8 Å².